The van der Waals surface area contributed by atoms with Gasteiger partial charge in [0.15, 0.2) is 0 Å². The van der Waals surface area contributed by atoms with Crippen LogP contribution in [0.25, 0.3) is 0 Å². The fraction of sp³-hybridized carbons (Fsp3) is 0.400. The summed E-state index contributed by atoms with van der Waals surface area (Å²) in [7, 11) is 0. The molecule has 0 aliphatic heterocycles. The van der Waals surface area contributed by atoms with Gasteiger partial charge in [0.05, 0.1) is 0 Å². The van der Waals surface area contributed by atoms with Crippen molar-refractivity contribution in [2.24, 2.45) is 5.73 Å². The second kappa shape index (κ2) is 3.00. The van der Waals surface area contributed by atoms with Gasteiger partial charge in [0, 0.05) is 11.1 Å². The number of benzene rings is 1. The zero-order valence-electron chi connectivity index (χ0n) is 8.06. The number of hydrogen-bond acceptors (Lipinski definition) is 2. The molecule has 0 heterocycles. The summed E-state index contributed by atoms with van der Waals surface area (Å²) >= 11 is 0. The predicted molar refractivity (Wildman–Crippen MR) is 50.0 cm³/mol. The minimum atomic E-state index is -0.770. The average Bonchev–Trinajstić information content (AvgIpc) is 1.94. The van der Waals surface area contributed by atoms with Gasteiger partial charge in [-0.1, -0.05) is 0 Å². The molecule has 0 unspecified atom stereocenters. The quantitative estimate of drug-likeness (QED) is 0.699. The van der Waals surface area contributed by atoms with E-state index in [9.17, 15) is 9.50 Å². The summed E-state index contributed by atoms with van der Waals surface area (Å²) in [6.07, 6.45) is 0. The largest absolute Gasteiger partial charge is 0.508 e. The van der Waals surface area contributed by atoms with Crippen LogP contribution in [0.2, 0.25) is 0 Å². The van der Waals surface area contributed by atoms with Crippen molar-refractivity contribution < 1.29 is 9.50 Å². The molecule has 0 aliphatic carbocycles. The highest BCUT2D eigenvalue weighted by atomic mass is 19.1. The molecular formula is C10H14FNO. The maximum atomic E-state index is 13.5. The van der Waals surface area contributed by atoms with E-state index in [1.807, 2.05) is 0 Å². The molecule has 0 radical (unpaired) electrons. The molecule has 1 aromatic rings. The molecule has 1 rings (SSSR count). The lowest BCUT2D eigenvalue weighted by atomic mass is 9.93. The molecular weight excluding hydrogens is 169 g/mol. The zero-order chi connectivity index (χ0) is 10.2. The maximum Gasteiger partial charge on any atom is 0.131 e. The Bertz CT molecular complexity index is 328. The second-order valence-electron chi connectivity index (χ2n) is 3.85. The van der Waals surface area contributed by atoms with Gasteiger partial charge in [0.25, 0.3) is 0 Å². The van der Waals surface area contributed by atoms with Gasteiger partial charge < -0.3 is 10.8 Å². The van der Waals surface area contributed by atoms with Crippen LogP contribution in [0.1, 0.15) is 25.0 Å². The first-order valence-corrected chi connectivity index (χ1v) is 4.11. The smallest absolute Gasteiger partial charge is 0.131 e. The Kier molecular flexibility index (Phi) is 2.30. The van der Waals surface area contributed by atoms with E-state index >= 15 is 0 Å². The first-order chi connectivity index (χ1) is 5.82. The number of halogens is 1. The molecule has 0 atom stereocenters. The summed E-state index contributed by atoms with van der Waals surface area (Å²) in [5.74, 6) is -0.294. The van der Waals surface area contributed by atoms with Gasteiger partial charge in [-0.15, -0.1) is 0 Å². The monoisotopic (exact) mass is 183 g/mol. The Morgan fingerprint density at radius 2 is 1.92 bits per heavy atom. The van der Waals surface area contributed by atoms with Crippen molar-refractivity contribution in [1.82, 2.24) is 0 Å². The van der Waals surface area contributed by atoms with E-state index in [1.54, 1.807) is 20.8 Å². The van der Waals surface area contributed by atoms with E-state index in [1.165, 1.54) is 12.1 Å². The van der Waals surface area contributed by atoms with Crippen molar-refractivity contribution in [3.8, 4) is 5.75 Å². The van der Waals surface area contributed by atoms with Gasteiger partial charge in [-0.3, -0.25) is 0 Å². The van der Waals surface area contributed by atoms with Crippen LogP contribution in [0.4, 0.5) is 4.39 Å². The van der Waals surface area contributed by atoms with Crippen LogP contribution in [0.5, 0.6) is 5.75 Å². The summed E-state index contributed by atoms with van der Waals surface area (Å²) in [5, 5.41) is 9.26. The topological polar surface area (TPSA) is 46.2 Å². The lowest BCUT2D eigenvalue weighted by Gasteiger charge is -2.20. The number of phenols is 1. The fourth-order valence-corrected chi connectivity index (χ4v) is 1.22. The number of phenolic OH excluding ortho intramolecular Hbond substituents is 1. The summed E-state index contributed by atoms with van der Waals surface area (Å²) < 4.78 is 13.5. The van der Waals surface area contributed by atoms with E-state index in [0.29, 0.717) is 11.1 Å². The summed E-state index contributed by atoms with van der Waals surface area (Å²) in [5.41, 5.74) is 5.72. The minimum absolute atomic E-state index is 0.0485. The lowest BCUT2D eigenvalue weighted by molar-refractivity contribution is 0.455. The molecule has 0 bridgehead atoms. The van der Waals surface area contributed by atoms with Crippen molar-refractivity contribution in [3.63, 3.8) is 0 Å². The maximum absolute atomic E-state index is 13.5. The van der Waals surface area contributed by atoms with Crippen molar-refractivity contribution >= 4 is 0 Å². The van der Waals surface area contributed by atoms with Gasteiger partial charge in [0.2, 0.25) is 0 Å². The second-order valence-corrected chi connectivity index (χ2v) is 3.85. The van der Waals surface area contributed by atoms with E-state index in [-0.39, 0.29) is 11.6 Å². The Morgan fingerprint density at radius 3 is 2.38 bits per heavy atom. The number of rotatable bonds is 1. The van der Waals surface area contributed by atoms with Gasteiger partial charge in [-0.25, -0.2) is 4.39 Å². The molecule has 0 fully saturated rings. The van der Waals surface area contributed by atoms with Gasteiger partial charge in [-0.2, -0.15) is 0 Å². The highest BCUT2D eigenvalue weighted by Gasteiger charge is 2.20. The van der Waals surface area contributed by atoms with Crippen molar-refractivity contribution in [1.29, 1.82) is 0 Å². The number of aromatic hydroxyl groups is 1. The van der Waals surface area contributed by atoms with Gasteiger partial charge in [0.1, 0.15) is 11.6 Å². The van der Waals surface area contributed by atoms with Crippen LogP contribution in [-0.2, 0) is 5.54 Å². The SMILES string of the molecule is Cc1cc(O)cc(C(C)(C)N)c1F. The van der Waals surface area contributed by atoms with Crippen LogP contribution in [0.3, 0.4) is 0 Å². The molecule has 3 heteroatoms. The molecule has 0 aliphatic rings. The van der Waals surface area contributed by atoms with Crippen LogP contribution < -0.4 is 5.73 Å². The van der Waals surface area contributed by atoms with E-state index in [2.05, 4.69) is 0 Å². The Balaban J connectivity index is 3.37. The molecule has 1 aromatic carbocycles. The zero-order valence-corrected chi connectivity index (χ0v) is 8.06. The fourth-order valence-electron chi connectivity index (χ4n) is 1.22. The van der Waals surface area contributed by atoms with E-state index < -0.39 is 5.54 Å². The van der Waals surface area contributed by atoms with Crippen LogP contribution in [0, 0.1) is 12.7 Å². The summed E-state index contributed by atoms with van der Waals surface area (Å²) in [6, 6.07) is 2.74. The first-order valence-electron chi connectivity index (χ1n) is 4.11. The summed E-state index contributed by atoms with van der Waals surface area (Å²) in [4.78, 5) is 0. The number of hydrogen-bond donors (Lipinski definition) is 2. The third kappa shape index (κ3) is 1.98. The standard InChI is InChI=1S/C10H14FNO/c1-6-4-7(13)5-8(9(6)11)10(2,3)12/h4-5,13H,12H2,1-3H3. The Morgan fingerprint density at radius 1 is 1.38 bits per heavy atom. The number of nitrogens with two attached hydrogens (primary N) is 1. The van der Waals surface area contributed by atoms with Crippen molar-refractivity contribution in [2.45, 2.75) is 26.3 Å². The van der Waals surface area contributed by atoms with Crippen LogP contribution >= 0.6 is 0 Å². The van der Waals surface area contributed by atoms with E-state index in [0.717, 1.165) is 0 Å². The average molecular weight is 183 g/mol. The molecule has 0 amide bonds. The molecule has 2 nitrogen and oxygen atoms in total. The predicted octanol–water partition coefficient (Wildman–Crippen LogP) is 2.03. The number of aryl methyl sites for hydroxylation is 1. The van der Waals surface area contributed by atoms with Gasteiger partial charge >= 0.3 is 0 Å². The summed E-state index contributed by atoms with van der Waals surface area (Å²) in [6.45, 7) is 5.00. The third-order valence-corrected chi connectivity index (χ3v) is 1.93. The molecule has 0 spiro atoms. The normalized spacial score (nSPS) is 11.8. The lowest BCUT2D eigenvalue weighted by Crippen LogP contribution is -2.30. The Hall–Kier alpha value is -1.09. The van der Waals surface area contributed by atoms with E-state index in [4.69, 9.17) is 5.73 Å². The highest BCUT2D eigenvalue weighted by Crippen LogP contribution is 2.26. The molecule has 13 heavy (non-hydrogen) atoms. The minimum Gasteiger partial charge on any atom is -0.508 e. The molecule has 0 saturated heterocycles. The Labute approximate surface area is 77.2 Å². The van der Waals surface area contributed by atoms with Gasteiger partial charge in [-0.05, 0) is 38.5 Å². The molecule has 0 aromatic heterocycles. The molecule has 0 saturated carbocycles. The first kappa shape index (κ1) is 9.99. The third-order valence-electron chi connectivity index (χ3n) is 1.93. The highest BCUT2D eigenvalue weighted by molar-refractivity contribution is 5.37. The molecule has 72 valence electrons. The molecule has 3 N–H and O–H groups in total. The van der Waals surface area contributed by atoms with Crippen molar-refractivity contribution in [2.75, 3.05) is 0 Å². The van der Waals surface area contributed by atoms with Crippen molar-refractivity contribution in [3.05, 3.63) is 29.1 Å². The van der Waals surface area contributed by atoms with Crippen LogP contribution in [-0.4, -0.2) is 5.11 Å². The van der Waals surface area contributed by atoms with Crippen LogP contribution in [0.15, 0.2) is 12.1 Å².